The Kier molecular flexibility index (Phi) is 4.48. The largest absolute Gasteiger partial charge is 0.332 e. The van der Waals surface area contributed by atoms with Gasteiger partial charge in [0.2, 0.25) is 0 Å². The molecule has 0 aliphatic carbocycles. The Labute approximate surface area is 199 Å². The Bertz CT molecular complexity index is 1340. The summed E-state index contributed by atoms with van der Waals surface area (Å²) in [6.45, 7) is 2.38. The maximum absolute atomic E-state index is 13.5. The number of amides is 5. The third-order valence-corrected chi connectivity index (χ3v) is 7.83. The van der Waals surface area contributed by atoms with Crippen LogP contribution in [0.3, 0.4) is 0 Å². The normalized spacial score (nSPS) is 23.6. The summed E-state index contributed by atoms with van der Waals surface area (Å²) >= 11 is 3.47. The van der Waals surface area contributed by atoms with Crippen LogP contribution in [0.25, 0.3) is 10.8 Å². The highest BCUT2D eigenvalue weighted by atomic mass is 79.9. The number of rotatable bonds is 2. The van der Waals surface area contributed by atoms with Gasteiger partial charge >= 0.3 is 12.1 Å². The lowest BCUT2D eigenvalue weighted by Gasteiger charge is -2.34. The summed E-state index contributed by atoms with van der Waals surface area (Å²) in [5, 5.41) is 4.77. The van der Waals surface area contributed by atoms with Gasteiger partial charge in [0.05, 0.1) is 17.8 Å². The highest BCUT2D eigenvalue weighted by Crippen LogP contribution is 2.43. The number of nitrogens with zero attached hydrogens (tertiary/aromatic N) is 3. The van der Waals surface area contributed by atoms with Crippen LogP contribution in [0, 0.1) is 6.92 Å². The van der Waals surface area contributed by atoms with Crippen LogP contribution in [-0.2, 0) is 4.79 Å². The number of carbonyl (C=O) groups is 3. The van der Waals surface area contributed by atoms with Gasteiger partial charge in [-0.15, -0.1) is 0 Å². The van der Waals surface area contributed by atoms with Crippen LogP contribution in [0.2, 0.25) is 0 Å². The van der Waals surface area contributed by atoms with Crippen LogP contribution in [0.4, 0.5) is 21.0 Å². The number of anilines is 2. The van der Waals surface area contributed by atoms with E-state index in [1.165, 1.54) is 4.90 Å². The molecule has 5 amide bonds. The molecule has 3 atom stereocenters. The monoisotopic (exact) mass is 504 g/mol. The molecule has 0 aromatic heterocycles. The lowest BCUT2D eigenvalue weighted by Crippen LogP contribution is -2.55. The summed E-state index contributed by atoms with van der Waals surface area (Å²) in [4.78, 5) is 44.7. The predicted octanol–water partition coefficient (Wildman–Crippen LogP) is 4.74. The summed E-state index contributed by atoms with van der Waals surface area (Å²) in [6.07, 6.45) is 0.623. The van der Waals surface area contributed by atoms with Crippen LogP contribution in [0.5, 0.6) is 0 Å². The first-order valence-corrected chi connectivity index (χ1v) is 11.7. The second kappa shape index (κ2) is 7.31. The number of benzene rings is 3. The second-order valence-corrected chi connectivity index (χ2v) is 9.66. The van der Waals surface area contributed by atoms with Crippen molar-refractivity contribution >= 4 is 56.0 Å². The van der Waals surface area contributed by atoms with Crippen molar-refractivity contribution < 1.29 is 14.4 Å². The van der Waals surface area contributed by atoms with Crippen molar-refractivity contribution in [1.82, 2.24) is 9.80 Å². The molecule has 3 heterocycles. The van der Waals surface area contributed by atoms with Crippen molar-refractivity contribution in [2.45, 2.75) is 31.5 Å². The van der Waals surface area contributed by atoms with Gasteiger partial charge in [0, 0.05) is 22.1 Å². The fraction of sp³-hybridized carbons (Fsp3) is 0.240. The summed E-state index contributed by atoms with van der Waals surface area (Å²) in [6, 6.07) is 17.3. The van der Waals surface area contributed by atoms with Gasteiger partial charge in [-0.25, -0.2) is 14.5 Å². The number of nitrogens with one attached hydrogen (secondary N) is 1. The Morgan fingerprint density at radius 1 is 1.06 bits per heavy atom. The molecule has 3 aliphatic rings. The van der Waals surface area contributed by atoms with Crippen molar-refractivity contribution in [2.24, 2.45) is 0 Å². The molecule has 6 rings (SSSR count). The van der Waals surface area contributed by atoms with Gasteiger partial charge in [-0.05, 0) is 48.6 Å². The fourth-order valence-electron chi connectivity index (χ4n) is 5.43. The molecule has 3 aliphatic heterocycles. The van der Waals surface area contributed by atoms with E-state index in [-0.39, 0.29) is 30.1 Å². The molecule has 0 spiro atoms. The van der Waals surface area contributed by atoms with Gasteiger partial charge in [-0.2, -0.15) is 0 Å². The van der Waals surface area contributed by atoms with Crippen LogP contribution in [-0.4, -0.2) is 52.4 Å². The fourth-order valence-corrected chi connectivity index (χ4v) is 5.68. The number of likely N-dealkylation sites (tertiary alicyclic amines) is 1. The van der Waals surface area contributed by atoms with Crippen molar-refractivity contribution in [3.8, 4) is 0 Å². The molecule has 7 nitrogen and oxygen atoms in total. The van der Waals surface area contributed by atoms with Crippen LogP contribution in [0.15, 0.2) is 65.1 Å². The van der Waals surface area contributed by atoms with Crippen LogP contribution < -0.4 is 10.2 Å². The van der Waals surface area contributed by atoms with Crippen LogP contribution >= 0.6 is 15.9 Å². The van der Waals surface area contributed by atoms with Gasteiger partial charge in [0.1, 0.15) is 6.04 Å². The molecule has 166 valence electrons. The first kappa shape index (κ1) is 20.2. The first-order valence-electron chi connectivity index (χ1n) is 10.9. The molecule has 0 saturated carbocycles. The quantitative estimate of drug-likeness (QED) is 0.512. The number of fused-ring (bicyclic) bond motifs is 6. The Hall–Kier alpha value is -3.39. The van der Waals surface area contributed by atoms with Gasteiger partial charge < -0.3 is 15.1 Å². The third-order valence-electron chi connectivity index (χ3n) is 6.94. The third kappa shape index (κ3) is 2.97. The summed E-state index contributed by atoms with van der Waals surface area (Å²) in [7, 11) is 0. The lowest BCUT2D eigenvalue weighted by atomic mass is 10.1. The first-order chi connectivity index (χ1) is 15.9. The van der Waals surface area contributed by atoms with Gasteiger partial charge in [0.15, 0.2) is 0 Å². The highest BCUT2D eigenvalue weighted by molar-refractivity contribution is 9.10. The zero-order valence-electron chi connectivity index (χ0n) is 17.9. The molecule has 0 radical (unpaired) electrons. The number of piperazine rings is 1. The van der Waals surface area contributed by atoms with E-state index in [4.69, 9.17) is 0 Å². The van der Waals surface area contributed by atoms with Crippen molar-refractivity contribution in [2.75, 3.05) is 16.8 Å². The average molecular weight is 505 g/mol. The van der Waals surface area contributed by atoms with E-state index in [0.717, 1.165) is 20.8 Å². The molecule has 3 fully saturated rings. The lowest BCUT2D eigenvalue weighted by molar-refractivity contribution is -0.120. The van der Waals surface area contributed by atoms with E-state index in [1.54, 1.807) is 9.80 Å². The number of imide groups is 1. The second-order valence-electron chi connectivity index (χ2n) is 8.81. The smallest absolute Gasteiger partial charge is 0.317 e. The molecule has 3 aromatic carbocycles. The van der Waals surface area contributed by atoms with Crippen molar-refractivity contribution in [3.63, 3.8) is 0 Å². The van der Waals surface area contributed by atoms with E-state index < -0.39 is 6.04 Å². The van der Waals surface area contributed by atoms with E-state index >= 15 is 0 Å². The Morgan fingerprint density at radius 3 is 2.67 bits per heavy atom. The van der Waals surface area contributed by atoms with Crippen LogP contribution in [0.1, 0.15) is 12.0 Å². The predicted molar refractivity (Wildman–Crippen MR) is 129 cm³/mol. The Morgan fingerprint density at radius 2 is 1.85 bits per heavy atom. The molecule has 2 bridgehead atoms. The molecule has 1 N–H and O–H groups in total. The Balaban J connectivity index is 1.28. The standard InChI is InChI=1S/C25H21BrN4O3/c1-14-11-16(9-10-19(14)26)27-24(32)28-13-17-12-21(28)22-23(31)30(25(33)29(17)22)20-8-4-6-15-5-2-3-7-18(15)20/h2-11,17,21-22H,12-13H2,1H3,(H,27,32)/t17-,21?,22+/m1/s1. The van der Waals surface area contributed by atoms with Gasteiger partial charge in [-0.3, -0.25) is 4.79 Å². The summed E-state index contributed by atoms with van der Waals surface area (Å²) in [5.41, 5.74) is 2.31. The number of carbonyl (C=O) groups excluding carboxylic acids is 3. The SMILES string of the molecule is Cc1cc(NC(=O)N2C[C@H]3CC2[C@H]2C(=O)N(c4cccc5ccccc45)C(=O)N32)ccc1Br. The van der Waals surface area contributed by atoms with E-state index in [1.807, 2.05) is 67.6 Å². The van der Waals surface area contributed by atoms with E-state index in [9.17, 15) is 14.4 Å². The highest BCUT2D eigenvalue weighted by Gasteiger charge is 2.63. The van der Waals surface area contributed by atoms with E-state index in [0.29, 0.717) is 24.3 Å². The summed E-state index contributed by atoms with van der Waals surface area (Å²) in [5.74, 6) is -0.263. The van der Waals surface area contributed by atoms with E-state index in [2.05, 4.69) is 21.2 Å². The van der Waals surface area contributed by atoms with Crippen molar-refractivity contribution in [1.29, 1.82) is 0 Å². The van der Waals surface area contributed by atoms with Gasteiger partial charge in [0.25, 0.3) is 5.91 Å². The number of halogens is 1. The maximum Gasteiger partial charge on any atom is 0.332 e. The minimum Gasteiger partial charge on any atom is -0.317 e. The molecule has 3 aromatic rings. The minimum atomic E-state index is -0.646. The zero-order valence-corrected chi connectivity index (χ0v) is 19.5. The molecule has 8 heteroatoms. The maximum atomic E-state index is 13.5. The zero-order chi connectivity index (χ0) is 22.9. The topological polar surface area (TPSA) is 73.0 Å². The number of hydrogen-bond donors (Lipinski definition) is 1. The number of urea groups is 2. The number of aryl methyl sites for hydroxylation is 1. The number of hydrogen-bond acceptors (Lipinski definition) is 3. The molecule has 1 unspecified atom stereocenters. The minimum absolute atomic E-state index is 0.158. The molecular formula is C25H21BrN4O3. The van der Waals surface area contributed by atoms with Crippen molar-refractivity contribution in [3.05, 3.63) is 70.7 Å². The van der Waals surface area contributed by atoms with Gasteiger partial charge in [-0.1, -0.05) is 52.3 Å². The molecule has 33 heavy (non-hydrogen) atoms. The summed E-state index contributed by atoms with van der Waals surface area (Å²) < 4.78 is 0.972. The molecular weight excluding hydrogens is 484 g/mol. The molecule has 3 saturated heterocycles. The average Bonchev–Trinajstić information content (AvgIpc) is 3.47.